The third-order valence-electron chi connectivity index (χ3n) is 4.43. The molecule has 1 aromatic heterocycles. The van der Waals surface area contributed by atoms with Gasteiger partial charge in [0.25, 0.3) is 0 Å². The minimum absolute atomic E-state index is 0.0631. The molecule has 4 aromatic rings. The lowest BCUT2D eigenvalue weighted by molar-refractivity contribution is 0.600. The fourth-order valence-corrected chi connectivity index (χ4v) is 5.01. The molecule has 0 fully saturated rings. The molecule has 0 atom stereocenters. The molecule has 0 spiro atoms. The molecule has 29 heavy (non-hydrogen) atoms. The molecule has 1 N–H and O–H groups in total. The number of thiazole rings is 1. The van der Waals surface area contributed by atoms with Crippen molar-refractivity contribution in [2.45, 2.75) is 12.7 Å². The molecule has 146 valence electrons. The van der Waals surface area contributed by atoms with Crippen LogP contribution in [0, 0.1) is 6.92 Å². The molecular weight excluding hydrogens is 400 g/mol. The second kappa shape index (κ2) is 8.19. The van der Waals surface area contributed by atoms with Gasteiger partial charge in [0, 0.05) is 22.2 Å². The van der Waals surface area contributed by atoms with Crippen molar-refractivity contribution in [2.24, 2.45) is 0 Å². The fourth-order valence-electron chi connectivity index (χ4n) is 2.98. The van der Waals surface area contributed by atoms with Crippen LogP contribution in [0.5, 0.6) is 0 Å². The van der Waals surface area contributed by atoms with E-state index in [1.54, 1.807) is 17.4 Å². The van der Waals surface area contributed by atoms with Crippen molar-refractivity contribution in [3.8, 4) is 21.8 Å². The summed E-state index contributed by atoms with van der Waals surface area (Å²) in [5.74, 6) is -0.0631. The van der Waals surface area contributed by atoms with Gasteiger partial charge >= 0.3 is 0 Å². The van der Waals surface area contributed by atoms with Crippen molar-refractivity contribution < 1.29 is 8.42 Å². The van der Waals surface area contributed by atoms with Gasteiger partial charge in [0.05, 0.1) is 11.4 Å². The first-order valence-electron chi connectivity index (χ1n) is 9.16. The molecule has 1 heterocycles. The Morgan fingerprint density at radius 1 is 0.897 bits per heavy atom. The van der Waals surface area contributed by atoms with Gasteiger partial charge in [0.15, 0.2) is 0 Å². The summed E-state index contributed by atoms with van der Waals surface area (Å²) >= 11 is 1.57. The average Bonchev–Trinajstić information content (AvgIpc) is 3.20. The highest BCUT2D eigenvalue weighted by Crippen LogP contribution is 2.30. The topological polar surface area (TPSA) is 59.1 Å². The number of sulfonamides is 1. The van der Waals surface area contributed by atoms with Gasteiger partial charge in [-0.2, -0.15) is 0 Å². The first kappa shape index (κ1) is 19.4. The summed E-state index contributed by atoms with van der Waals surface area (Å²) < 4.78 is 27.8. The number of rotatable bonds is 6. The van der Waals surface area contributed by atoms with Gasteiger partial charge < -0.3 is 0 Å². The van der Waals surface area contributed by atoms with Gasteiger partial charge in [0.2, 0.25) is 10.0 Å². The second-order valence-electron chi connectivity index (χ2n) is 6.83. The third kappa shape index (κ3) is 4.91. The molecule has 0 saturated carbocycles. The number of anilines is 1. The number of aromatic nitrogens is 1. The van der Waals surface area contributed by atoms with E-state index in [0.717, 1.165) is 33.0 Å². The van der Waals surface area contributed by atoms with E-state index < -0.39 is 10.0 Å². The standard InChI is InChI=1S/C23H20N2O2S2/c1-17-10-12-18(13-11-17)16-29(26,27)25-21-9-5-8-20(14-21)22-15-28-23(24-22)19-6-3-2-4-7-19/h2-15,25H,16H2,1H3. The monoisotopic (exact) mass is 420 g/mol. The van der Waals surface area contributed by atoms with E-state index in [-0.39, 0.29) is 5.75 Å². The van der Waals surface area contributed by atoms with Crippen molar-refractivity contribution >= 4 is 27.0 Å². The number of nitrogens with one attached hydrogen (secondary N) is 1. The minimum atomic E-state index is -3.51. The predicted molar refractivity (Wildman–Crippen MR) is 120 cm³/mol. The van der Waals surface area contributed by atoms with Crippen LogP contribution in [-0.4, -0.2) is 13.4 Å². The molecule has 6 heteroatoms. The van der Waals surface area contributed by atoms with Crippen LogP contribution in [0.25, 0.3) is 21.8 Å². The molecule has 0 aliphatic carbocycles. The summed E-state index contributed by atoms with van der Waals surface area (Å²) in [6.07, 6.45) is 0. The summed E-state index contributed by atoms with van der Waals surface area (Å²) in [4.78, 5) is 4.71. The Balaban J connectivity index is 1.53. The van der Waals surface area contributed by atoms with Crippen LogP contribution < -0.4 is 4.72 Å². The molecule has 4 nitrogen and oxygen atoms in total. The first-order chi connectivity index (χ1) is 14.0. The van der Waals surface area contributed by atoms with Crippen LogP contribution in [0.4, 0.5) is 5.69 Å². The zero-order chi connectivity index (χ0) is 20.3. The van der Waals surface area contributed by atoms with Crippen LogP contribution in [0.1, 0.15) is 11.1 Å². The first-order valence-corrected chi connectivity index (χ1v) is 11.7. The van der Waals surface area contributed by atoms with Crippen LogP contribution >= 0.6 is 11.3 Å². The molecule has 0 amide bonds. The summed E-state index contributed by atoms with van der Waals surface area (Å²) in [6, 6.07) is 24.8. The van der Waals surface area contributed by atoms with Gasteiger partial charge in [0.1, 0.15) is 5.01 Å². The second-order valence-corrected chi connectivity index (χ2v) is 9.41. The number of hydrogen-bond acceptors (Lipinski definition) is 4. The summed E-state index contributed by atoms with van der Waals surface area (Å²) in [5, 5.41) is 2.92. The van der Waals surface area contributed by atoms with E-state index in [9.17, 15) is 8.42 Å². The molecule has 0 saturated heterocycles. The van der Waals surface area contributed by atoms with Gasteiger partial charge in [-0.1, -0.05) is 72.3 Å². The lowest BCUT2D eigenvalue weighted by Gasteiger charge is -2.09. The lowest BCUT2D eigenvalue weighted by atomic mass is 10.1. The third-order valence-corrected chi connectivity index (χ3v) is 6.59. The van der Waals surface area contributed by atoms with Crippen LogP contribution in [-0.2, 0) is 15.8 Å². The van der Waals surface area contributed by atoms with E-state index in [0.29, 0.717) is 5.69 Å². The van der Waals surface area contributed by atoms with Crippen LogP contribution in [0.3, 0.4) is 0 Å². The molecule has 0 aliphatic rings. The van der Waals surface area contributed by atoms with E-state index in [1.165, 1.54) is 0 Å². The Kier molecular flexibility index (Phi) is 5.47. The van der Waals surface area contributed by atoms with E-state index in [1.807, 2.05) is 85.1 Å². The Morgan fingerprint density at radius 2 is 1.62 bits per heavy atom. The van der Waals surface area contributed by atoms with Gasteiger partial charge in [-0.3, -0.25) is 4.72 Å². The van der Waals surface area contributed by atoms with Gasteiger partial charge in [-0.05, 0) is 24.6 Å². The van der Waals surface area contributed by atoms with Crippen molar-refractivity contribution in [1.29, 1.82) is 0 Å². The highest BCUT2D eigenvalue weighted by atomic mass is 32.2. The maximum atomic E-state index is 12.6. The Labute approximate surface area is 175 Å². The smallest absolute Gasteiger partial charge is 0.236 e. The summed E-state index contributed by atoms with van der Waals surface area (Å²) in [7, 11) is -3.51. The van der Waals surface area contributed by atoms with E-state index in [4.69, 9.17) is 4.98 Å². The van der Waals surface area contributed by atoms with Crippen molar-refractivity contribution in [3.63, 3.8) is 0 Å². The largest absolute Gasteiger partial charge is 0.283 e. The number of hydrogen-bond donors (Lipinski definition) is 1. The average molecular weight is 421 g/mol. The van der Waals surface area contributed by atoms with Crippen molar-refractivity contribution in [3.05, 3.63) is 95.4 Å². The molecular formula is C23H20N2O2S2. The maximum Gasteiger partial charge on any atom is 0.236 e. The molecule has 4 rings (SSSR count). The quantitative estimate of drug-likeness (QED) is 0.433. The van der Waals surface area contributed by atoms with Crippen molar-refractivity contribution in [1.82, 2.24) is 4.98 Å². The fraction of sp³-hybridized carbons (Fsp3) is 0.0870. The van der Waals surface area contributed by atoms with E-state index in [2.05, 4.69) is 4.72 Å². The number of nitrogens with zero attached hydrogens (tertiary/aromatic N) is 1. The normalized spacial score (nSPS) is 11.3. The lowest BCUT2D eigenvalue weighted by Crippen LogP contribution is -2.15. The highest BCUT2D eigenvalue weighted by Gasteiger charge is 2.13. The predicted octanol–water partition coefficient (Wildman–Crippen LogP) is 5.73. The van der Waals surface area contributed by atoms with Crippen molar-refractivity contribution in [2.75, 3.05) is 4.72 Å². The Hall–Kier alpha value is -2.96. The zero-order valence-electron chi connectivity index (χ0n) is 15.9. The van der Waals surface area contributed by atoms with Crippen LogP contribution in [0.2, 0.25) is 0 Å². The Bertz CT molecular complexity index is 1220. The number of benzene rings is 3. The van der Waals surface area contributed by atoms with Gasteiger partial charge in [-0.25, -0.2) is 13.4 Å². The molecule has 0 bridgehead atoms. The maximum absolute atomic E-state index is 12.6. The molecule has 0 unspecified atom stereocenters. The van der Waals surface area contributed by atoms with Crippen LogP contribution in [0.15, 0.2) is 84.2 Å². The minimum Gasteiger partial charge on any atom is -0.283 e. The van der Waals surface area contributed by atoms with Gasteiger partial charge in [-0.15, -0.1) is 11.3 Å². The molecule has 3 aromatic carbocycles. The molecule has 0 aliphatic heterocycles. The number of aryl methyl sites for hydroxylation is 1. The summed E-state index contributed by atoms with van der Waals surface area (Å²) in [6.45, 7) is 1.98. The highest BCUT2D eigenvalue weighted by molar-refractivity contribution is 7.91. The zero-order valence-corrected chi connectivity index (χ0v) is 17.5. The molecule has 0 radical (unpaired) electrons. The SMILES string of the molecule is Cc1ccc(CS(=O)(=O)Nc2cccc(-c3csc(-c4ccccc4)n3)c2)cc1. The van der Waals surface area contributed by atoms with E-state index >= 15 is 0 Å². The Morgan fingerprint density at radius 3 is 2.38 bits per heavy atom. The summed E-state index contributed by atoms with van der Waals surface area (Å²) in [5.41, 5.74) is 5.16.